The Morgan fingerprint density at radius 2 is 1.86 bits per heavy atom. The van der Waals surface area contributed by atoms with E-state index in [4.69, 9.17) is 9.47 Å². The molecule has 1 heterocycles. The first-order valence-electron chi connectivity index (χ1n) is 12.8. The van der Waals surface area contributed by atoms with E-state index in [1.807, 2.05) is 12.1 Å². The fraction of sp³-hybridized carbons (Fsp3) is 0.536. The molecule has 2 atom stereocenters. The summed E-state index contributed by atoms with van der Waals surface area (Å²) < 4.78 is 40.2. The summed E-state index contributed by atoms with van der Waals surface area (Å²) in [5.41, 5.74) is 1.23. The Morgan fingerprint density at radius 1 is 1.17 bits per heavy atom. The summed E-state index contributed by atoms with van der Waals surface area (Å²) in [4.78, 5) is 13.3. The van der Waals surface area contributed by atoms with E-state index in [0.29, 0.717) is 29.6 Å². The van der Waals surface area contributed by atoms with Crippen LogP contribution in [0.2, 0.25) is 0 Å². The summed E-state index contributed by atoms with van der Waals surface area (Å²) in [6.45, 7) is 10.9. The minimum atomic E-state index is -3.96. The molecule has 1 N–H and O–H groups in total. The summed E-state index contributed by atoms with van der Waals surface area (Å²) in [5, 5.41) is 3.00. The van der Waals surface area contributed by atoms with Crippen molar-refractivity contribution in [3.05, 3.63) is 48.0 Å². The van der Waals surface area contributed by atoms with Gasteiger partial charge < -0.3 is 14.8 Å². The third-order valence-corrected chi connectivity index (χ3v) is 8.54. The van der Waals surface area contributed by atoms with E-state index in [2.05, 4.69) is 39.9 Å². The van der Waals surface area contributed by atoms with Gasteiger partial charge in [0, 0.05) is 6.54 Å². The summed E-state index contributed by atoms with van der Waals surface area (Å²) in [6, 6.07) is 11.8. The average Bonchev–Trinajstić information content (AvgIpc) is 2.87. The van der Waals surface area contributed by atoms with Crippen LogP contribution in [-0.2, 0) is 20.2 Å². The maximum Gasteiger partial charge on any atom is 0.264 e. The largest absolute Gasteiger partial charge is 0.497 e. The molecule has 2 aromatic carbocycles. The number of methoxy groups -OCH3 is 1. The molecule has 1 aliphatic rings. The molecule has 36 heavy (non-hydrogen) atoms. The predicted octanol–water partition coefficient (Wildman–Crippen LogP) is 5.28. The van der Waals surface area contributed by atoms with Crippen LogP contribution in [0.5, 0.6) is 11.5 Å². The van der Waals surface area contributed by atoms with Gasteiger partial charge in [0.05, 0.1) is 24.2 Å². The highest BCUT2D eigenvalue weighted by Gasteiger charge is 2.38. The first-order chi connectivity index (χ1) is 17.0. The number of unbranched alkanes of at least 4 members (excludes halogenated alkanes) is 1. The zero-order valence-corrected chi connectivity index (χ0v) is 23.2. The van der Waals surface area contributed by atoms with E-state index in [-0.39, 0.29) is 22.8 Å². The molecule has 0 saturated carbocycles. The van der Waals surface area contributed by atoms with Gasteiger partial charge in [0.15, 0.2) is 6.10 Å². The first kappa shape index (κ1) is 27.8. The Morgan fingerprint density at radius 3 is 2.44 bits per heavy atom. The highest BCUT2D eigenvalue weighted by atomic mass is 32.2. The number of benzene rings is 2. The van der Waals surface area contributed by atoms with Crippen LogP contribution in [0.15, 0.2) is 47.4 Å². The number of carbonyl (C=O) groups excluding carboxylic acids is 1. The topological polar surface area (TPSA) is 84.9 Å². The first-order valence-corrected chi connectivity index (χ1v) is 14.2. The van der Waals surface area contributed by atoms with Crippen molar-refractivity contribution in [1.29, 1.82) is 0 Å². The summed E-state index contributed by atoms with van der Waals surface area (Å²) in [5.74, 6) is 1.03. The SMILES string of the molecule is CCCC[C@H](CC)CNC(=O)[C@@H]1CN(S(=O)(=O)c2ccc(OC)cc2)c2cc(C(C)(C)C)ccc2O1. The minimum absolute atomic E-state index is 0.105. The second-order valence-electron chi connectivity index (χ2n) is 10.4. The number of rotatable bonds is 10. The Hall–Kier alpha value is -2.74. The minimum Gasteiger partial charge on any atom is -0.497 e. The molecule has 3 rings (SSSR count). The van der Waals surface area contributed by atoms with Gasteiger partial charge >= 0.3 is 0 Å². The van der Waals surface area contributed by atoms with E-state index < -0.39 is 16.1 Å². The fourth-order valence-electron chi connectivity index (χ4n) is 4.26. The van der Waals surface area contributed by atoms with Crippen molar-refractivity contribution < 1.29 is 22.7 Å². The smallest absolute Gasteiger partial charge is 0.264 e. The molecule has 7 nitrogen and oxygen atoms in total. The van der Waals surface area contributed by atoms with Gasteiger partial charge in [-0.3, -0.25) is 9.10 Å². The summed E-state index contributed by atoms with van der Waals surface area (Å²) in [6.07, 6.45) is 3.31. The number of carbonyl (C=O) groups is 1. The Kier molecular flexibility index (Phi) is 8.93. The van der Waals surface area contributed by atoms with Gasteiger partial charge in [-0.25, -0.2) is 8.42 Å². The molecule has 198 valence electrons. The summed E-state index contributed by atoms with van der Waals surface area (Å²) in [7, 11) is -2.43. The normalized spacial score (nSPS) is 16.6. The second kappa shape index (κ2) is 11.5. The van der Waals surface area contributed by atoms with Crippen molar-refractivity contribution in [3.63, 3.8) is 0 Å². The van der Waals surface area contributed by atoms with E-state index in [1.165, 1.54) is 23.5 Å². The van der Waals surface area contributed by atoms with Gasteiger partial charge in [-0.05, 0) is 59.7 Å². The third-order valence-electron chi connectivity index (χ3n) is 6.74. The zero-order valence-electron chi connectivity index (χ0n) is 22.3. The molecule has 0 saturated heterocycles. The van der Waals surface area contributed by atoms with E-state index in [1.54, 1.807) is 18.2 Å². The fourth-order valence-corrected chi connectivity index (χ4v) is 5.73. The van der Waals surface area contributed by atoms with E-state index in [0.717, 1.165) is 31.2 Å². The van der Waals surface area contributed by atoms with Gasteiger partial charge in [-0.2, -0.15) is 0 Å². The molecular weight excluding hydrogens is 476 g/mol. The zero-order chi connectivity index (χ0) is 26.5. The van der Waals surface area contributed by atoms with Crippen LogP contribution in [-0.4, -0.2) is 40.6 Å². The number of amides is 1. The van der Waals surface area contributed by atoms with Crippen LogP contribution in [0.3, 0.4) is 0 Å². The van der Waals surface area contributed by atoms with Gasteiger partial charge in [-0.1, -0.05) is 59.9 Å². The lowest BCUT2D eigenvalue weighted by Crippen LogP contribution is -2.51. The number of nitrogens with one attached hydrogen (secondary N) is 1. The Bertz CT molecular complexity index is 1140. The molecule has 0 aromatic heterocycles. The molecule has 0 aliphatic carbocycles. The lowest BCUT2D eigenvalue weighted by molar-refractivity contribution is -0.127. The Labute approximate surface area is 216 Å². The van der Waals surface area contributed by atoms with Crippen LogP contribution in [0.25, 0.3) is 0 Å². The maximum absolute atomic E-state index is 13.8. The van der Waals surface area contributed by atoms with Crippen molar-refractivity contribution in [2.45, 2.75) is 76.7 Å². The molecule has 1 aliphatic heterocycles. The number of anilines is 1. The lowest BCUT2D eigenvalue weighted by atomic mass is 9.86. The number of hydrogen-bond donors (Lipinski definition) is 1. The quantitative estimate of drug-likeness (QED) is 0.464. The highest BCUT2D eigenvalue weighted by molar-refractivity contribution is 7.92. The predicted molar refractivity (Wildman–Crippen MR) is 143 cm³/mol. The van der Waals surface area contributed by atoms with Crippen molar-refractivity contribution in [1.82, 2.24) is 5.32 Å². The highest BCUT2D eigenvalue weighted by Crippen LogP contribution is 2.40. The van der Waals surface area contributed by atoms with Crippen LogP contribution in [0, 0.1) is 5.92 Å². The molecule has 0 spiro atoms. The summed E-state index contributed by atoms with van der Waals surface area (Å²) >= 11 is 0. The van der Waals surface area contributed by atoms with Crippen molar-refractivity contribution in [3.8, 4) is 11.5 Å². The van der Waals surface area contributed by atoms with Gasteiger partial charge in [0.25, 0.3) is 15.9 Å². The van der Waals surface area contributed by atoms with Crippen molar-refractivity contribution >= 4 is 21.6 Å². The molecule has 0 unspecified atom stereocenters. The van der Waals surface area contributed by atoms with Crippen LogP contribution in [0.1, 0.15) is 65.9 Å². The molecule has 0 bridgehead atoms. The molecule has 0 radical (unpaired) electrons. The van der Waals surface area contributed by atoms with Crippen LogP contribution >= 0.6 is 0 Å². The number of nitrogens with zero attached hydrogens (tertiary/aromatic N) is 1. The van der Waals surface area contributed by atoms with E-state index >= 15 is 0 Å². The van der Waals surface area contributed by atoms with Gasteiger partial charge in [-0.15, -0.1) is 0 Å². The third kappa shape index (κ3) is 6.33. The number of ether oxygens (including phenoxy) is 2. The Balaban J connectivity index is 1.94. The van der Waals surface area contributed by atoms with Gasteiger partial charge in [0.2, 0.25) is 0 Å². The number of fused-ring (bicyclic) bond motifs is 1. The lowest BCUT2D eigenvalue weighted by Gasteiger charge is -2.36. The molecule has 8 heteroatoms. The maximum atomic E-state index is 13.8. The number of sulfonamides is 1. The average molecular weight is 517 g/mol. The molecule has 1 amide bonds. The standard InChI is InChI=1S/C28H40N2O5S/c1-7-9-10-20(8-2)18-29-27(31)26-19-30(36(32,33)23-14-12-22(34-6)13-15-23)24-17-21(28(3,4)5)11-16-25(24)35-26/h11-17,20,26H,7-10,18-19H2,1-6H3,(H,29,31)/t20-,26-/m0/s1. The second-order valence-corrected chi connectivity index (χ2v) is 12.3. The van der Waals surface area contributed by atoms with Crippen LogP contribution < -0.4 is 19.1 Å². The molecule has 0 fully saturated rings. The van der Waals surface area contributed by atoms with Crippen LogP contribution in [0.4, 0.5) is 5.69 Å². The molecule has 2 aromatic rings. The van der Waals surface area contributed by atoms with Gasteiger partial charge in [0.1, 0.15) is 11.5 Å². The van der Waals surface area contributed by atoms with E-state index in [9.17, 15) is 13.2 Å². The van der Waals surface area contributed by atoms with Crippen molar-refractivity contribution in [2.75, 3.05) is 24.5 Å². The van der Waals surface area contributed by atoms with Crippen molar-refractivity contribution in [2.24, 2.45) is 5.92 Å². The number of hydrogen-bond acceptors (Lipinski definition) is 5. The monoisotopic (exact) mass is 516 g/mol. The molecular formula is C28H40N2O5S.